The number of carbonyl (C=O) groups is 1. The Morgan fingerprint density at radius 2 is 2.11 bits per heavy atom. The second-order valence-electron chi connectivity index (χ2n) is 6.81. The second kappa shape index (κ2) is 4.52. The summed E-state index contributed by atoms with van der Waals surface area (Å²) in [6, 6.07) is 0. The Bertz CT molecular complexity index is 339. The SMILES string of the molecule is CCOC(=O)[C@@H](CN)[C@@H]1C[C@@H]2CC[C@@]1(C)C2(C)C. The summed E-state index contributed by atoms with van der Waals surface area (Å²) < 4.78 is 5.21. The van der Waals surface area contributed by atoms with E-state index < -0.39 is 0 Å². The van der Waals surface area contributed by atoms with Gasteiger partial charge in [0.05, 0.1) is 12.5 Å². The molecular weight excluding hydrogens is 226 g/mol. The molecule has 2 fully saturated rings. The molecule has 3 heteroatoms. The number of hydrogen-bond donors (Lipinski definition) is 1. The molecule has 0 amide bonds. The number of carbonyl (C=O) groups excluding carboxylic acids is 1. The molecule has 4 atom stereocenters. The lowest BCUT2D eigenvalue weighted by Crippen LogP contribution is -2.42. The van der Waals surface area contributed by atoms with Crippen LogP contribution in [0.4, 0.5) is 0 Å². The maximum Gasteiger partial charge on any atom is 0.310 e. The van der Waals surface area contributed by atoms with E-state index in [2.05, 4.69) is 20.8 Å². The lowest BCUT2D eigenvalue weighted by molar-refractivity contribution is -0.152. The van der Waals surface area contributed by atoms with E-state index in [0.717, 1.165) is 12.3 Å². The van der Waals surface area contributed by atoms with E-state index >= 15 is 0 Å². The van der Waals surface area contributed by atoms with Crippen molar-refractivity contribution in [1.29, 1.82) is 0 Å². The van der Waals surface area contributed by atoms with Crippen molar-refractivity contribution in [2.24, 2.45) is 34.3 Å². The summed E-state index contributed by atoms with van der Waals surface area (Å²) in [5, 5.41) is 0. The van der Waals surface area contributed by atoms with Crippen molar-refractivity contribution < 1.29 is 9.53 Å². The summed E-state index contributed by atoms with van der Waals surface area (Å²) in [5.41, 5.74) is 6.44. The van der Waals surface area contributed by atoms with Crippen LogP contribution in [0, 0.1) is 28.6 Å². The average Bonchev–Trinajstić information content (AvgIpc) is 2.63. The van der Waals surface area contributed by atoms with Crippen LogP contribution in [-0.4, -0.2) is 19.1 Å². The van der Waals surface area contributed by atoms with Crippen LogP contribution >= 0.6 is 0 Å². The summed E-state index contributed by atoms with van der Waals surface area (Å²) in [6.07, 6.45) is 3.68. The fourth-order valence-electron chi connectivity index (χ4n) is 4.55. The molecule has 2 bridgehead atoms. The molecule has 0 saturated heterocycles. The van der Waals surface area contributed by atoms with Crippen LogP contribution < -0.4 is 5.73 Å². The van der Waals surface area contributed by atoms with E-state index in [-0.39, 0.29) is 17.3 Å². The van der Waals surface area contributed by atoms with E-state index in [1.54, 1.807) is 0 Å². The van der Waals surface area contributed by atoms with Gasteiger partial charge in [-0.25, -0.2) is 0 Å². The summed E-state index contributed by atoms with van der Waals surface area (Å²) >= 11 is 0. The lowest BCUT2D eigenvalue weighted by atomic mass is 9.63. The Morgan fingerprint density at radius 3 is 2.50 bits per heavy atom. The molecule has 3 nitrogen and oxygen atoms in total. The van der Waals surface area contributed by atoms with Crippen molar-refractivity contribution in [2.45, 2.75) is 47.0 Å². The van der Waals surface area contributed by atoms with Crippen LogP contribution in [0.3, 0.4) is 0 Å². The van der Waals surface area contributed by atoms with E-state index in [4.69, 9.17) is 10.5 Å². The average molecular weight is 253 g/mol. The van der Waals surface area contributed by atoms with Gasteiger partial charge < -0.3 is 10.5 Å². The summed E-state index contributed by atoms with van der Waals surface area (Å²) in [7, 11) is 0. The maximum absolute atomic E-state index is 12.1. The highest BCUT2D eigenvalue weighted by Gasteiger charge is 2.63. The van der Waals surface area contributed by atoms with Gasteiger partial charge in [0, 0.05) is 6.54 Å². The van der Waals surface area contributed by atoms with Crippen LogP contribution in [0.1, 0.15) is 47.0 Å². The minimum absolute atomic E-state index is 0.0884. The van der Waals surface area contributed by atoms with Crippen molar-refractivity contribution in [2.75, 3.05) is 13.2 Å². The summed E-state index contributed by atoms with van der Waals surface area (Å²) in [6.45, 7) is 9.81. The molecule has 0 spiro atoms. The molecular formula is C15H27NO2. The Balaban J connectivity index is 2.22. The van der Waals surface area contributed by atoms with Crippen molar-refractivity contribution in [3.05, 3.63) is 0 Å². The first kappa shape index (κ1) is 13.9. The van der Waals surface area contributed by atoms with Gasteiger partial charge in [-0.3, -0.25) is 4.79 Å². The summed E-state index contributed by atoms with van der Waals surface area (Å²) in [4.78, 5) is 12.1. The van der Waals surface area contributed by atoms with Crippen LogP contribution in [0.5, 0.6) is 0 Å². The van der Waals surface area contributed by atoms with E-state index in [0.29, 0.717) is 24.5 Å². The lowest BCUT2D eigenvalue weighted by Gasteiger charge is -2.41. The number of rotatable bonds is 4. The molecule has 0 radical (unpaired) electrons. The van der Waals surface area contributed by atoms with Crippen molar-refractivity contribution >= 4 is 5.97 Å². The van der Waals surface area contributed by atoms with Gasteiger partial charge in [-0.1, -0.05) is 20.8 Å². The Morgan fingerprint density at radius 1 is 1.44 bits per heavy atom. The van der Waals surface area contributed by atoms with Gasteiger partial charge in [0.1, 0.15) is 0 Å². The fraction of sp³-hybridized carbons (Fsp3) is 0.933. The fourth-order valence-corrected chi connectivity index (χ4v) is 4.55. The van der Waals surface area contributed by atoms with Gasteiger partial charge in [0.25, 0.3) is 0 Å². The number of ether oxygens (including phenoxy) is 1. The number of hydrogen-bond acceptors (Lipinski definition) is 3. The molecule has 2 aliphatic rings. The number of fused-ring (bicyclic) bond motifs is 2. The zero-order chi connectivity index (χ0) is 13.6. The van der Waals surface area contributed by atoms with Gasteiger partial charge in [-0.15, -0.1) is 0 Å². The van der Waals surface area contributed by atoms with Crippen molar-refractivity contribution in [3.63, 3.8) is 0 Å². The quantitative estimate of drug-likeness (QED) is 0.783. The van der Waals surface area contributed by atoms with Gasteiger partial charge in [-0.2, -0.15) is 0 Å². The third-order valence-electron chi connectivity index (χ3n) is 6.19. The van der Waals surface area contributed by atoms with Crippen molar-refractivity contribution in [1.82, 2.24) is 0 Å². The van der Waals surface area contributed by atoms with Gasteiger partial charge in [0.15, 0.2) is 0 Å². The third kappa shape index (κ3) is 1.70. The third-order valence-corrected chi connectivity index (χ3v) is 6.19. The maximum atomic E-state index is 12.1. The highest BCUT2D eigenvalue weighted by molar-refractivity contribution is 5.73. The Labute approximate surface area is 110 Å². The molecule has 0 aromatic heterocycles. The topological polar surface area (TPSA) is 52.3 Å². The van der Waals surface area contributed by atoms with Crippen LogP contribution in [0.2, 0.25) is 0 Å². The predicted molar refractivity (Wildman–Crippen MR) is 71.9 cm³/mol. The first-order chi connectivity index (χ1) is 8.38. The van der Waals surface area contributed by atoms with E-state index in [9.17, 15) is 4.79 Å². The first-order valence-electron chi connectivity index (χ1n) is 7.25. The zero-order valence-electron chi connectivity index (χ0n) is 12.2. The van der Waals surface area contributed by atoms with Gasteiger partial charge in [-0.05, 0) is 48.9 Å². The first-order valence-corrected chi connectivity index (χ1v) is 7.25. The molecule has 2 rings (SSSR count). The molecule has 2 N–H and O–H groups in total. The highest BCUT2D eigenvalue weighted by atomic mass is 16.5. The monoisotopic (exact) mass is 253 g/mol. The molecule has 0 heterocycles. The van der Waals surface area contributed by atoms with Gasteiger partial charge in [0.2, 0.25) is 0 Å². The summed E-state index contributed by atoms with van der Waals surface area (Å²) in [5.74, 6) is 0.945. The normalized spacial score (nSPS) is 38.7. The molecule has 0 aliphatic heterocycles. The van der Waals surface area contributed by atoms with Crippen molar-refractivity contribution in [3.8, 4) is 0 Å². The molecule has 0 unspecified atom stereocenters. The minimum Gasteiger partial charge on any atom is -0.466 e. The van der Waals surface area contributed by atoms with Crippen LogP contribution in [-0.2, 0) is 9.53 Å². The molecule has 18 heavy (non-hydrogen) atoms. The van der Waals surface area contributed by atoms with E-state index in [1.807, 2.05) is 6.92 Å². The second-order valence-corrected chi connectivity index (χ2v) is 6.81. The molecule has 0 aromatic rings. The molecule has 0 aromatic carbocycles. The molecule has 2 saturated carbocycles. The number of esters is 1. The van der Waals surface area contributed by atoms with Crippen LogP contribution in [0.25, 0.3) is 0 Å². The molecule has 2 aliphatic carbocycles. The predicted octanol–water partition coefficient (Wildman–Crippen LogP) is 2.59. The zero-order valence-corrected chi connectivity index (χ0v) is 12.2. The number of nitrogens with two attached hydrogens (primary N) is 1. The smallest absolute Gasteiger partial charge is 0.310 e. The van der Waals surface area contributed by atoms with Gasteiger partial charge >= 0.3 is 5.97 Å². The standard InChI is InChI=1S/C15H27NO2/c1-5-18-13(17)11(9-16)12-8-10-6-7-15(12,4)14(10,2)3/h10-12H,5-9,16H2,1-4H3/t10-,11-,12-,15+/m0/s1. The molecule has 104 valence electrons. The Kier molecular flexibility index (Phi) is 3.48. The Hall–Kier alpha value is -0.570. The highest BCUT2D eigenvalue weighted by Crippen LogP contribution is 2.69. The largest absolute Gasteiger partial charge is 0.466 e. The van der Waals surface area contributed by atoms with Crippen LogP contribution in [0.15, 0.2) is 0 Å². The van der Waals surface area contributed by atoms with E-state index in [1.165, 1.54) is 12.8 Å². The minimum atomic E-state index is -0.112.